The summed E-state index contributed by atoms with van der Waals surface area (Å²) in [5.41, 5.74) is 4.08. The monoisotopic (exact) mass is 284 g/mol. The van der Waals surface area contributed by atoms with Crippen LogP contribution in [0.3, 0.4) is 0 Å². The van der Waals surface area contributed by atoms with E-state index in [0.717, 1.165) is 41.6 Å². The summed E-state index contributed by atoms with van der Waals surface area (Å²) >= 11 is 0. The summed E-state index contributed by atoms with van der Waals surface area (Å²) < 4.78 is 1.87. The van der Waals surface area contributed by atoms with Gasteiger partial charge < -0.3 is 15.0 Å². The Kier molecular flexibility index (Phi) is 3.80. The summed E-state index contributed by atoms with van der Waals surface area (Å²) in [5, 5.41) is 12.9. The average molecular weight is 284 g/mol. The topological polar surface area (TPSA) is 54.3 Å². The van der Waals surface area contributed by atoms with Crippen molar-refractivity contribution in [1.82, 2.24) is 4.57 Å². The van der Waals surface area contributed by atoms with Crippen LogP contribution in [0.5, 0.6) is 0 Å². The van der Waals surface area contributed by atoms with Gasteiger partial charge >= 0.3 is 0 Å². The van der Waals surface area contributed by atoms with E-state index in [1.807, 2.05) is 48.1 Å². The molecular formula is C17H20N2O2. The Morgan fingerprint density at radius 2 is 2.29 bits per heavy atom. The van der Waals surface area contributed by atoms with Gasteiger partial charge in [0.2, 0.25) is 5.91 Å². The molecule has 21 heavy (non-hydrogen) atoms. The minimum Gasteiger partial charge on any atom is -0.388 e. The van der Waals surface area contributed by atoms with Gasteiger partial charge in [0.1, 0.15) is 6.54 Å². The number of amides is 1. The van der Waals surface area contributed by atoms with Crippen LogP contribution in [0.4, 0.5) is 5.69 Å². The van der Waals surface area contributed by atoms with Gasteiger partial charge in [0.05, 0.1) is 6.10 Å². The normalized spacial score (nSPS) is 17.3. The van der Waals surface area contributed by atoms with Crippen LogP contribution < -0.4 is 5.32 Å². The molecule has 2 aromatic rings. The molecule has 4 heteroatoms. The molecular weight excluding hydrogens is 264 g/mol. The van der Waals surface area contributed by atoms with Gasteiger partial charge in [0.15, 0.2) is 0 Å². The summed E-state index contributed by atoms with van der Waals surface area (Å²) in [7, 11) is 0. The summed E-state index contributed by atoms with van der Waals surface area (Å²) in [6.45, 7) is 2.27. The van der Waals surface area contributed by atoms with Crippen LogP contribution in [0.15, 0.2) is 36.7 Å². The molecule has 110 valence electrons. The number of carbonyl (C=O) groups is 1. The smallest absolute Gasteiger partial charge is 0.244 e. The number of anilines is 1. The Hall–Kier alpha value is -2.07. The highest BCUT2D eigenvalue weighted by Crippen LogP contribution is 2.30. The molecule has 3 rings (SSSR count). The first-order chi connectivity index (χ1) is 10.1. The van der Waals surface area contributed by atoms with Gasteiger partial charge in [-0.15, -0.1) is 0 Å². The second-order valence-corrected chi connectivity index (χ2v) is 5.74. The molecule has 0 bridgehead atoms. The lowest BCUT2D eigenvalue weighted by Gasteiger charge is -2.16. The van der Waals surface area contributed by atoms with Crippen molar-refractivity contribution in [3.8, 4) is 0 Å². The van der Waals surface area contributed by atoms with Crippen molar-refractivity contribution in [3.63, 3.8) is 0 Å². The molecule has 0 fully saturated rings. The number of hydrogen-bond acceptors (Lipinski definition) is 2. The van der Waals surface area contributed by atoms with E-state index in [9.17, 15) is 9.90 Å². The number of nitrogens with zero attached hydrogens (tertiary/aromatic N) is 1. The Labute approximate surface area is 124 Å². The maximum absolute atomic E-state index is 12.1. The predicted octanol–water partition coefficient (Wildman–Crippen LogP) is 2.80. The van der Waals surface area contributed by atoms with Crippen molar-refractivity contribution in [2.75, 3.05) is 5.32 Å². The van der Waals surface area contributed by atoms with E-state index in [4.69, 9.17) is 0 Å². The number of benzene rings is 1. The number of aromatic nitrogens is 1. The van der Waals surface area contributed by atoms with Crippen molar-refractivity contribution in [1.29, 1.82) is 0 Å². The Balaban J connectivity index is 1.68. The number of aryl methyl sites for hydroxylation is 2. The average Bonchev–Trinajstić information content (AvgIpc) is 2.82. The number of fused-ring (bicyclic) bond motifs is 1. The molecule has 1 aromatic carbocycles. The third-order valence-corrected chi connectivity index (χ3v) is 3.91. The van der Waals surface area contributed by atoms with Crippen molar-refractivity contribution < 1.29 is 9.90 Å². The van der Waals surface area contributed by atoms with Crippen molar-refractivity contribution in [3.05, 3.63) is 53.3 Å². The molecule has 4 nitrogen and oxygen atoms in total. The third-order valence-electron chi connectivity index (χ3n) is 3.91. The van der Waals surface area contributed by atoms with Gasteiger partial charge in [-0.1, -0.05) is 12.1 Å². The minimum atomic E-state index is -0.380. The fraction of sp³-hybridized carbons (Fsp3) is 0.353. The lowest BCUT2D eigenvalue weighted by atomic mass is 9.93. The fourth-order valence-corrected chi connectivity index (χ4v) is 2.90. The largest absolute Gasteiger partial charge is 0.388 e. The van der Waals surface area contributed by atoms with Crippen molar-refractivity contribution >= 4 is 11.6 Å². The summed E-state index contributed by atoms with van der Waals surface area (Å²) in [5.74, 6) is -0.0533. The quantitative estimate of drug-likeness (QED) is 0.910. The van der Waals surface area contributed by atoms with E-state index < -0.39 is 0 Å². The Morgan fingerprint density at radius 3 is 3.05 bits per heavy atom. The van der Waals surface area contributed by atoms with Gasteiger partial charge in [-0.05, 0) is 49.4 Å². The van der Waals surface area contributed by atoms with E-state index in [-0.39, 0.29) is 18.6 Å². The number of rotatable bonds is 3. The SMILES string of the molecule is Cc1cccc(NC(=O)Cn2cc3c(c2)C(O)CCC3)c1. The van der Waals surface area contributed by atoms with Crippen LogP contribution in [0.1, 0.15) is 35.6 Å². The fourth-order valence-electron chi connectivity index (χ4n) is 2.90. The van der Waals surface area contributed by atoms with Crippen LogP contribution in [0, 0.1) is 6.92 Å². The molecule has 1 unspecified atom stereocenters. The molecule has 1 amide bonds. The molecule has 1 aliphatic carbocycles. The number of aliphatic hydroxyl groups excluding tert-OH is 1. The molecule has 1 aliphatic rings. The summed E-state index contributed by atoms with van der Waals surface area (Å²) in [6, 6.07) is 7.75. The lowest BCUT2D eigenvalue weighted by molar-refractivity contribution is -0.116. The predicted molar refractivity (Wildman–Crippen MR) is 82.1 cm³/mol. The molecule has 1 aromatic heterocycles. The van der Waals surface area contributed by atoms with E-state index in [1.54, 1.807) is 0 Å². The Morgan fingerprint density at radius 1 is 1.43 bits per heavy atom. The first kappa shape index (κ1) is 13.9. The van der Waals surface area contributed by atoms with Gasteiger partial charge in [0, 0.05) is 23.6 Å². The van der Waals surface area contributed by atoms with Crippen LogP contribution in [0.25, 0.3) is 0 Å². The zero-order valence-corrected chi connectivity index (χ0v) is 12.2. The van der Waals surface area contributed by atoms with Gasteiger partial charge in [0.25, 0.3) is 0 Å². The zero-order chi connectivity index (χ0) is 14.8. The molecule has 1 atom stereocenters. The maximum atomic E-state index is 12.1. The Bertz CT molecular complexity index is 661. The molecule has 0 spiro atoms. The van der Waals surface area contributed by atoms with E-state index >= 15 is 0 Å². The molecule has 0 aliphatic heterocycles. The standard InChI is InChI=1S/C17H20N2O2/c1-12-4-2-6-14(8-12)18-17(21)11-19-9-13-5-3-7-16(20)15(13)10-19/h2,4,6,8-10,16,20H,3,5,7,11H2,1H3,(H,18,21). The van der Waals surface area contributed by atoms with Crippen LogP contribution in [-0.2, 0) is 17.8 Å². The van der Waals surface area contributed by atoms with Crippen molar-refractivity contribution in [2.24, 2.45) is 0 Å². The number of nitrogens with one attached hydrogen (secondary N) is 1. The highest BCUT2D eigenvalue weighted by atomic mass is 16.3. The lowest BCUT2D eigenvalue weighted by Crippen LogP contribution is -2.17. The second-order valence-electron chi connectivity index (χ2n) is 5.74. The van der Waals surface area contributed by atoms with Gasteiger partial charge in [-0.2, -0.15) is 0 Å². The highest BCUT2D eigenvalue weighted by Gasteiger charge is 2.20. The third kappa shape index (κ3) is 3.16. The van der Waals surface area contributed by atoms with Crippen molar-refractivity contribution in [2.45, 2.75) is 38.8 Å². The van der Waals surface area contributed by atoms with E-state index in [1.165, 1.54) is 0 Å². The zero-order valence-electron chi connectivity index (χ0n) is 12.2. The number of carbonyl (C=O) groups excluding carboxylic acids is 1. The minimum absolute atomic E-state index is 0.0533. The van der Waals surface area contributed by atoms with Crippen LogP contribution in [0.2, 0.25) is 0 Å². The molecule has 1 heterocycles. The van der Waals surface area contributed by atoms with E-state index in [2.05, 4.69) is 5.32 Å². The second kappa shape index (κ2) is 5.74. The number of aliphatic hydroxyl groups is 1. The summed E-state index contributed by atoms with van der Waals surface area (Å²) in [4.78, 5) is 12.1. The van der Waals surface area contributed by atoms with Gasteiger partial charge in [-0.3, -0.25) is 4.79 Å². The summed E-state index contributed by atoms with van der Waals surface area (Å²) in [6.07, 6.45) is 6.30. The first-order valence-electron chi connectivity index (χ1n) is 7.35. The first-order valence-corrected chi connectivity index (χ1v) is 7.35. The molecule has 0 saturated heterocycles. The van der Waals surface area contributed by atoms with Crippen LogP contribution >= 0.6 is 0 Å². The van der Waals surface area contributed by atoms with Gasteiger partial charge in [-0.25, -0.2) is 0 Å². The maximum Gasteiger partial charge on any atom is 0.244 e. The number of hydrogen-bond donors (Lipinski definition) is 2. The van der Waals surface area contributed by atoms with Crippen LogP contribution in [-0.4, -0.2) is 15.6 Å². The van der Waals surface area contributed by atoms with E-state index in [0.29, 0.717) is 0 Å². The molecule has 2 N–H and O–H groups in total. The highest BCUT2D eigenvalue weighted by molar-refractivity contribution is 5.90. The molecule has 0 radical (unpaired) electrons. The molecule has 0 saturated carbocycles.